The van der Waals surface area contributed by atoms with Crippen LogP contribution in [0.25, 0.3) is 0 Å². The second kappa shape index (κ2) is 6.33. The van der Waals surface area contributed by atoms with E-state index in [-0.39, 0.29) is 5.91 Å². The molecule has 6 heteroatoms. The van der Waals surface area contributed by atoms with Gasteiger partial charge in [-0.25, -0.2) is 4.98 Å². The topological polar surface area (TPSA) is 70.7 Å². The van der Waals surface area contributed by atoms with Crippen LogP contribution in [0.2, 0.25) is 5.15 Å². The summed E-state index contributed by atoms with van der Waals surface area (Å²) in [5.41, 5.74) is 2.79. The molecule has 2 aromatic rings. The molecule has 0 aromatic carbocycles. The monoisotopic (exact) mass is 278 g/mol. The Morgan fingerprint density at radius 1 is 1.53 bits per heavy atom. The van der Waals surface area contributed by atoms with Gasteiger partial charge in [-0.3, -0.25) is 9.89 Å². The van der Waals surface area contributed by atoms with Gasteiger partial charge in [0.25, 0.3) is 5.91 Å². The molecule has 2 N–H and O–H groups in total. The van der Waals surface area contributed by atoms with Gasteiger partial charge in [-0.15, -0.1) is 0 Å². The zero-order chi connectivity index (χ0) is 13.7. The summed E-state index contributed by atoms with van der Waals surface area (Å²) >= 11 is 5.73. The molecule has 100 valence electrons. The van der Waals surface area contributed by atoms with Crippen LogP contribution in [0.5, 0.6) is 0 Å². The van der Waals surface area contributed by atoms with Crippen LogP contribution >= 0.6 is 11.6 Å². The minimum Gasteiger partial charge on any atom is -0.352 e. The van der Waals surface area contributed by atoms with Gasteiger partial charge in [0.15, 0.2) is 0 Å². The average molecular weight is 279 g/mol. The van der Waals surface area contributed by atoms with Crippen molar-refractivity contribution < 1.29 is 4.79 Å². The van der Waals surface area contributed by atoms with Crippen molar-refractivity contribution in [1.82, 2.24) is 20.5 Å². The fraction of sp³-hybridized carbons (Fsp3) is 0.308. The number of rotatable bonds is 5. The molecule has 2 heterocycles. The van der Waals surface area contributed by atoms with Gasteiger partial charge in [-0.1, -0.05) is 11.6 Å². The van der Waals surface area contributed by atoms with E-state index in [0.29, 0.717) is 17.3 Å². The predicted octanol–water partition coefficient (Wildman–Crippen LogP) is 2.13. The summed E-state index contributed by atoms with van der Waals surface area (Å²) < 4.78 is 0. The maximum absolute atomic E-state index is 11.8. The molecule has 0 fully saturated rings. The quantitative estimate of drug-likeness (QED) is 0.650. The third-order valence-corrected chi connectivity index (χ3v) is 3.04. The Hall–Kier alpha value is -1.88. The van der Waals surface area contributed by atoms with Crippen molar-refractivity contribution in [2.45, 2.75) is 19.8 Å². The molecular weight excluding hydrogens is 264 g/mol. The van der Waals surface area contributed by atoms with Crippen LogP contribution in [0.15, 0.2) is 24.5 Å². The Morgan fingerprint density at radius 3 is 3.05 bits per heavy atom. The highest BCUT2D eigenvalue weighted by Crippen LogP contribution is 2.07. The molecule has 2 rings (SSSR count). The summed E-state index contributed by atoms with van der Waals surface area (Å²) in [6.45, 7) is 2.60. The van der Waals surface area contributed by atoms with Gasteiger partial charge in [-0.05, 0) is 37.5 Å². The lowest BCUT2D eigenvalue weighted by atomic mass is 10.1. The van der Waals surface area contributed by atoms with Crippen LogP contribution in [0.4, 0.5) is 0 Å². The molecule has 0 unspecified atom stereocenters. The van der Waals surface area contributed by atoms with Crippen LogP contribution in [0.1, 0.15) is 28.0 Å². The third-order valence-electron chi connectivity index (χ3n) is 2.83. The van der Waals surface area contributed by atoms with Gasteiger partial charge in [0.1, 0.15) is 5.15 Å². The summed E-state index contributed by atoms with van der Waals surface area (Å²) in [5.74, 6) is -0.131. The van der Waals surface area contributed by atoms with Gasteiger partial charge in [0, 0.05) is 24.0 Å². The zero-order valence-electron chi connectivity index (χ0n) is 10.6. The Morgan fingerprint density at radius 2 is 2.37 bits per heavy atom. The van der Waals surface area contributed by atoms with Crippen LogP contribution in [0.3, 0.4) is 0 Å². The Balaban J connectivity index is 1.77. The van der Waals surface area contributed by atoms with Gasteiger partial charge < -0.3 is 5.32 Å². The van der Waals surface area contributed by atoms with Crippen molar-refractivity contribution in [3.63, 3.8) is 0 Å². The molecule has 0 aliphatic heterocycles. The summed E-state index contributed by atoms with van der Waals surface area (Å²) in [5, 5.41) is 10.0. The third kappa shape index (κ3) is 3.79. The van der Waals surface area contributed by atoms with Crippen molar-refractivity contribution in [3.05, 3.63) is 46.5 Å². The Kier molecular flexibility index (Phi) is 4.52. The average Bonchev–Trinajstić information content (AvgIpc) is 2.80. The number of hydrogen-bond donors (Lipinski definition) is 2. The van der Waals surface area contributed by atoms with E-state index in [1.807, 2.05) is 13.1 Å². The van der Waals surface area contributed by atoms with E-state index in [9.17, 15) is 4.79 Å². The molecule has 0 spiro atoms. The van der Waals surface area contributed by atoms with Crippen LogP contribution < -0.4 is 5.32 Å². The largest absolute Gasteiger partial charge is 0.352 e. The van der Waals surface area contributed by atoms with Gasteiger partial charge in [0.05, 0.1) is 6.20 Å². The summed E-state index contributed by atoms with van der Waals surface area (Å²) in [7, 11) is 0. The summed E-state index contributed by atoms with van der Waals surface area (Å²) in [6.07, 6.45) is 5.09. The number of halogens is 1. The molecule has 0 atom stereocenters. The molecule has 0 aliphatic rings. The Bertz CT molecular complexity index is 567. The number of nitrogens with zero attached hydrogens (tertiary/aromatic N) is 2. The van der Waals surface area contributed by atoms with Crippen molar-refractivity contribution in [2.24, 2.45) is 0 Å². The minimum absolute atomic E-state index is 0.131. The van der Waals surface area contributed by atoms with Gasteiger partial charge >= 0.3 is 0 Å². The minimum atomic E-state index is -0.131. The van der Waals surface area contributed by atoms with E-state index >= 15 is 0 Å². The van der Waals surface area contributed by atoms with Gasteiger partial charge in [-0.2, -0.15) is 5.10 Å². The smallest absolute Gasteiger partial charge is 0.251 e. The van der Waals surface area contributed by atoms with Crippen LogP contribution in [-0.4, -0.2) is 27.6 Å². The van der Waals surface area contributed by atoms with Crippen molar-refractivity contribution in [2.75, 3.05) is 6.54 Å². The number of hydrogen-bond acceptors (Lipinski definition) is 3. The normalized spacial score (nSPS) is 10.4. The first-order chi connectivity index (χ1) is 9.16. The first kappa shape index (κ1) is 13.5. The van der Waals surface area contributed by atoms with Crippen molar-refractivity contribution in [3.8, 4) is 0 Å². The lowest BCUT2D eigenvalue weighted by Crippen LogP contribution is -2.24. The fourth-order valence-corrected chi connectivity index (χ4v) is 1.93. The first-order valence-electron chi connectivity index (χ1n) is 6.05. The second-order valence-electron chi connectivity index (χ2n) is 4.25. The number of nitrogens with one attached hydrogen (secondary N) is 2. The molecule has 2 aromatic heterocycles. The highest BCUT2D eigenvalue weighted by atomic mass is 35.5. The zero-order valence-corrected chi connectivity index (χ0v) is 11.4. The molecule has 5 nitrogen and oxygen atoms in total. The number of carbonyl (C=O) groups is 1. The number of aromatic amines is 1. The predicted molar refractivity (Wildman–Crippen MR) is 73.2 cm³/mol. The lowest BCUT2D eigenvalue weighted by molar-refractivity contribution is 0.0953. The van der Waals surface area contributed by atoms with E-state index < -0.39 is 0 Å². The number of aromatic nitrogens is 3. The summed E-state index contributed by atoms with van der Waals surface area (Å²) in [6, 6.07) is 3.19. The van der Waals surface area contributed by atoms with Crippen molar-refractivity contribution in [1.29, 1.82) is 0 Å². The molecule has 1 amide bonds. The van der Waals surface area contributed by atoms with E-state index in [1.165, 1.54) is 11.8 Å². The molecular formula is C13H15ClN4O. The Labute approximate surface area is 116 Å². The van der Waals surface area contributed by atoms with Gasteiger partial charge in [0.2, 0.25) is 0 Å². The lowest BCUT2D eigenvalue weighted by Gasteiger charge is -2.05. The molecule has 0 saturated carbocycles. The van der Waals surface area contributed by atoms with E-state index in [0.717, 1.165) is 18.5 Å². The first-order valence-corrected chi connectivity index (χ1v) is 6.43. The number of amides is 1. The fourth-order valence-electron chi connectivity index (χ4n) is 1.75. The van der Waals surface area contributed by atoms with E-state index in [1.54, 1.807) is 12.1 Å². The number of carbonyl (C=O) groups excluding carboxylic acids is 1. The maximum atomic E-state index is 11.8. The van der Waals surface area contributed by atoms with E-state index in [4.69, 9.17) is 11.6 Å². The van der Waals surface area contributed by atoms with Crippen LogP contribution in [-0.2, 0) is 6.42 Å². The SMILES string of the molecule is Cc1[nH]ncc1CCCNC(=O)c1ccnc(Cl)c1. The molecule has 0 radical (unpaired) electrons. The highest BCUT2D eigenvalue weighted by molar-refractivity contribution is 6.29. The highest BCUT2D eigenvalue weighted by Gasteiger charge is 2.06. The second-order valence-corrected chi connectivity index (χ2v) is 4.63. The van der Waals surface area contributed by atoms with Crippen molar-refractivity contribution >= 4 is 17.5 Å². The maximum Gasteiger partial charge on any atom is 0.251 e. The number of pyridine rings is 1. The molecule has 0 aliphatic carbocycles. The number of H-pyrrole nitrogens is 1. The van der Waals surface area contributed by atoms with E-state index in [2.05, 4.69) is 20.5 Å². The summed E-state index contributed by atoms with van der Waals surface area (Å²) in [4.78, 5) is 15.6. The molecule has 0 bridgehead atoms. The van der Waals surface area contributed by atoms with Crippen LogP contribution in [0, 0.1) is 6.92 Å². The molecule has 19 heavy (non-hydrogen) atoms. The standard InChI is InChI=1S/C13H15ClN4O/c1-9-11(8-17-18-9)3-2-5-16-13(19)10-4-6-15-12(14)7-10/h4,6-8H,2-3,5H2,1H3,(H,16,19)(H,17,18). The number of aryl methyl sites for hydroxylation is 2. The molecule has 0 saturated heterocycles.